The molecule has 0 aliphatic heterocycles. The zero-order valence-corrected chi connectivity index (χ0v) is 34.6. The van der Waals surface area contributed by atoms with Gasteiger partial charge in [-0.3, -0.25) is 18.6 Å². The lowest BCUT2D eigenvalue weighted by molar-refractivity contribution is -0.161. The largest absolute Gasteiger partial charge is 0.472 e. The standard InChI is InChI=1S/C43H78NO8P/c1-3-5-7-9-11-13-15-17-19-20-22-24-26-28-30-32-34-36-43(46)52-41(40-51-53(47,48)50-38-37-44)39-49-42(45)35-33-31-29-27-25-23-21-18-16-14-12-10-8-6-4-2/h6,8,12,14,18,21,25,27,41H,3-5,7,9-11,13,15-17,19-20,22-24,26,28-40,44H2,1-2H3,(H,47,48). The molecule has 2 unspecified atom stereocenters. The molecule has 0 aromatic carbocycles. The molecule has 0 radical (unpaired) electrons. The van der Waals surface area contributed by atoms with E-state index in [2.05, 4.69) is 62.5 Å². The van der Waals surface area contributed by atoms with Gasteiger partial charge in [0, 0.05) is 19.4 Å². The minimum atomic E-state index is -4.38. The molecule has 2 atom stereocenters. The molecular weight excluding hydrogens is 689 g/mol. The van der Waals surface area contributed by atoms with Crippen LogP contribution in [-0.4, -0.2) is 49.3 Å². The van der Waals surface area contributed by atoms with Crippen LogP contribution in [-0.2, 0) is 32.7 Å². The predicted octanol–water partition coefficient (Wildman–Crippen LogP) is 11.9. The van der Waals surface area contributed by atoms with Gasteiger partial charge in [-0.15, -0.1) is 0 Å². The number of unbranched alkanes of at least 4 members (excludes halogenated alkanes) is 18. The Bertz CT molecular complexity index is 1010. The number of esters is 2. The van der Waals surface area contributed by atoms with Gasteiger partial charge in [-0.05, 0) is 51.4 Å². The van der Waals surface area contributed by atoms with E-state index in [0.29, 0.717) is 12.8 Å². The van der Waals surface area contributed by atoms with Gasteiger partial charge in [0.25, 0.3) is 0 Å². The Kier molecular flexibility index (Phi) is 38.1. The smallest absolute Gasteiger partial charge is 0.462 e. The number of phosphoric ester groups is 1. The molecule has 0 amide bonds. The van der Waals surface area contributed by atoms with Gasteiger partial charge < -0.3 is 20.1 Å². The Morgan fingerprint density at radius 1 is 0.585 bits per heavy atom. The molecule has 0 heterocycles. The first-order valence-electron chi connectivity index (χ1n) is 21.1. The first-order valence-corrected chi connectivity index (χ1v) is 22.6. The fraction of sp³-hybridized carbons (Fsp3) is 0.767. The summed E-state index contributed by atoms with van der Waals surface area (Å²) in [6, 6.07) is 0. The minimum Gasteiger partial charge on any atom is -0.462 e. The van der Waals surface area contributed by atoms with E-state index >= 15 is 0 Å². The third kappa shape index (κ3) is 39.5. The highest BCUT2D eigenvalue weighted by Gasteiger charge is 2.26. The van der Waals surface area contributed by atoms with E-state index in [1.165, 1.54) is 83.5 Å². The second-order valence-corrected chi connectivity index (χ2v) is 15.3. The molecule has 0 aliphatic rings. The van der Waals surface area contributed by atoms with Gasteiger partial charge in [-0.2, -0.15) is 0 Å². The van der Waals surface area contributed by atoms with Gasteiger partial charge in [0.2, 0.25) is 0 Å². The fourth-order valence-electron chi connectivity index (χ4n) is 5.62. The van der Waals surface area contributed by atoms with Crippen molar-refractivity contribution in [1.82, 2.24) is 0 Å². The third-order valence-electron chi connectivity index (χ3n) is 8.73. The number of phosphoric acid groups is 1. The van der Waals surface area contributed by atoms with Crippen molar-refractivity contribution >= 4 is 19.8 Å². The average molecular weight is 768 g/mol. The summed E-state index contributed by atoms with van der Waals surface area (Å²) in [6.07, 6.45) is 44.3. The SMILES string of the molecule is CCC=CCC=CCC=CCC=CCCCCC(=O)OCC(COP(=O)(O)OCCN)OC(=O)CCCCCCCCCCCCCCCCCCC. The molecule has 0 aromatic heterocycles. The number of nitrogens with two attached hydrogens (primary N) is 1. The van der Waals surface area contributed by atoms with Crippen LogP contribution in [0, 0.1) is 0 Å². The Hall–Kier alpha value is -2.03. The first-order chi connectivity index (χ1) is 25.8. The summed E-state index contributed by atoms with van der Waals surface area (Å²) in [6.45, 7) is 3.57. The zero-order chi connectivity index (χ0) is 38.9. The Balaban J connectivity index is 4.21. The predicted molar refractivity (Wildman–Crippen MR) is 220 cm³/mol. The normalized spacial score (nSPS) is 13.8. The lowest BCUT2D eigenvalue weighted by Gasteiger charge is -2.19. The van der Waals surface area contributed by atoms with Crippen molar-refractivity contribution in [2.45, 2.75) is 187 Å². The number of carbonyl (C=O) groups is 2. The Morgan fingerprint density at radius 2 is 1.04 bits per heavy atom. The third-order valence-corrected chi connectivity index (χ3v) is 9.71. The summed E-state index contributed by atoms with van der Waals surface area (Å²) in [4.78, 5) is 34.8. The summed E-state index contributed by atoms with van der Waals surface area (Å²) >= 11 is 0. The van der Waals surface area contributed by atoms with E-state index in [1.807, 2.05) is 0 Å². The Morgan fingerprint density at radius 3 is 1.55 bits per heavy atom. The number of carbonyl (C=O) groups excluding carboxylic acids is 2. The van der Waals surface area contributed by atoms with Crippen LogP contribution in [0.4, 0.5) is 0 Å². The van der Waals surface area contributed by atoms with Crippen LogP contribution in [0.15, 0.2) is 48.6 Å². The molecule has 0 spiro atoms. The molecule has 53 heavy (non-hydrogen) atoms. The minimum absolute atomic E-state index is 0.0472. The molecule has 0 aliphatic carbocycles. The highest BCUT2D eigenvalue weighted by atomic mass is 31.2. The highest BCUT2D eigenvalue weighted by Crippen LogP contribution is 2.43. The van der Waals surface area contributed by atoms with Gasteiger partial charge in [0.15, 0.2) is 6.10 Å². The number of hydrogen-bond acceptors (Lipinski definition) is 8. The second-order valence-electron chi connectivity index (χ2n) is 13.8. The number of allylic oxidation sites excluding steroid dienone is 8. The van der Waals surface area contributed by atoms with Crippen LogP contribution in [0.1, 0.15) is 181 Å². The number of hydrogen-bond donors (Lipinski definition) is 2. The van der Waals surface area contributed by atoms with Crippen molar-refractivity contribution in [3.05, 3.63) is 48.6 Å². The van der Waals surface area contributed by atoms with Gasteiger partial charge >= 0.3 is 19.8 Å². The zero-order valence-electron chi connectivity index (χ0n) is 33.7. The molecule has 0 rings (SSSR count). The van der Waals surface area contributed by atoms with Crippen molar-refractivity contribution in [2.75, 3.05) is 26.4 Å². The number of ether oxygens (including phenoxy) is 2. The van der Waals surface area contributed by atoms with Gasteiger partial charge in [0.05, 0.1) is 13.2 Å². The lowest BCUT2D eigenvalue weighted by atomic mass is 10.0. The van der Waals surface area contributed by atoms with Crippen LogP contribution in [0.3, 0.4) is 0 Å². The van der Waals surface area contributed by atoms with Gasteiger partial charge in [0.1, 0.15) is 6.61 Å². The van der Waals surface area contributed by atoms with Crippen molar-refractivity contribution in [3.63, 3.8) is 0 Å². The molecule has 0 saturated carbocycles. The summed E-state index contributed by atoms with van der Waals surface area (Å²) in [5.74, 6) is -0.875. The maximum Gasteiger partial charge on any atom is 0.472 e. The fourth-order valence-corrected chi connectivity index (χ4v) is 6.39. The molecule has 9 nitrogen and oxygen atoms in total. The molecule has 10 heteroatoms. The van der Waals surface area contributed by atoms with E-state index in [0.717, 1.165) is 57.8 Å². The average Bonchev–Trinajstić information content (AvgIpc) is 3.14. The monoisotopic (exact) mass is 768 g/mol. The molecule has 0 fully saturated rings. The van der Waals surface area contributed by atoms with Crippen molar-refractivity contribution < 1.29 is 37.6 Å². The van der Waals surface area contributed by atoms with E-state index in [1.54, 1.807) is 0 Å². The lowest BCUT2D eigenvalue weighted by Crippen LogP contribution is -2.29. The summed E-state index contributed by atoms with van der Waals surface area (Å²) < 4.78 is 32.7. The van der Waals surface area contributed by atoms with E-state index in [-0.39, 0.29) is 32.6 Å². The molecular formula is C43H78NO8P. The molecule has 0 saturated heterocycles. The van der Waals surface area contributed by atoms with Crippen LogP contribution in [0.5, 0.6) is 0 Å². The molecule has 3 N–H and O–H groups in total. The van der Waals surface area contributed by atoms with Crippen LogP contribution in [0.25, 0.3) is 0 Å². The van der Waals surface area contributed by atoms with Crippen molar-refractivity contribution in [2.24, 2.45) is 5.73 Å². The Labute approximate surface area is 324 Å². The highest BCUT2D eigenvalue weighted by molar-refractivity contribution is 7.47. The quantitative estimate of drug-likeness (QED) is 0.0271. The van der Waals surface area contributed by atoms with Gasteiger partial charge in [-0.25, -0.2) is 4.57 Å². The summed E-state index contributed by atoms with van der Waals surface area (Å²) in [5, 5.41) is 0. The van der Waals surface area contributed by atoms with Crippen molar-refractivity contribution in [3.8, 4) is 0 Å². The molecule has 308 valence electrons. The van der Waals surface area contributed by atoms with E-state index in [9.17, 15) is 19.0 Å². The van der Waals surface area contributed by atoms with Crippen LogP contribution in [0.2, 0.25) is 0 Å². The van der Waals surface area contributed by atoms with E-state index < -0.39 is 32.5 Å². The van der Waals surface area contributed by atoms with Gasteiger partial charge in [-0.1, -0.05) is 165 Å². The summed E-state index contributed by atoms with van der Waals surface area (Å²) in [7, 11) is -4.38. The van der Waals surface area contributed by atoms with Crippen LogP contribution >= 0.6 is 7.82 Å². The van der Waals surface area contributed by atoms with Crippen molar-refractivity contribution in [1.29, 1.82) is 0 Å². The molecule has 0 bridgehead atoms. The maximum absolute atomic E-state index is 12.6. The number of rotatable bonds is 39. The van der Waals surface area contributed by atoms with E-state index in [4.69, 9.17) is 24.3 Å². The maximum atomic E-state index is 12.6. The topological polar surface area (TPSA) is 134 Å². The summed E-state index contributed by atoms with van der Waals surface area (Å²) in [5.41, 5.74) is 5.34. The van der Waals surface area contributed by atoms with Crippen LogP contribution < -0.4 is 5.73 Å². The second kappa shape index (κ2) is 39.7. The molecule has 0 aromatic rings. The first kappa shape index (κ1) is 51.0.